The first kappa shape index (κ1) is 15.1. The van der Waals surface area contributed by atoms with E-state index in [0.717, 1.165) is 23.8 Å². The van der Waals surface area contributed by atoms with Crippen LogP contribution in [0, 0.1) is 18.6 Å². The van der Waals surface area contributed by atoms with Gasteiger partial charge in [-0.05, 0) is 37.3 Å². The Balaban J connectivity index is 1.81. The van der Waals surface area contributed by atoms with Crippen LogP contribution in [0.3, 0.4) is 0 Å². The van der Waals surface area contributed by atoms with Crippen LogP contribution in [-0.2, 0) is 11.3 Å². The van der Waals surface area contributed by atoms with Crippen LogP contribution in [0.4, 0.5) is 14.5 Å². The minimum Gasteiger partial charge on any atom is -0.325 e. The van der Waals surface area contributed by atoms with Crippen molar-refractivity contribution in [1.82, 2.24) is 5.32 Å². The first-order chi connectivity index (χ1) is 10.0. The first-order valence-corrected chi connectivity index (χ1v) is 6.56. The molecule has 0 aliphatic rings. The molecule has 0 aliphatic heterocycles. The van der Waals surface area contributed by atoms with Gasteiger partial charge >= 0.3 is 0 Å². The zero-order valence-corrected chi connectivity index (χ0v) is 11.6. The van der Waals surface area contributed by atoms with Crippen LogP contribution < -0.4 is 10.6 Å². The summed E-state index contributed by atoms with van der Waals surface area (Å²) in [5.74, 6) is -1.24. The quantitative estimate of drug-likeness (QED) is 0.889. The molecule has 3 nitrogen and oxygen atoms in total. The third kappa shape index (κ3) is 4.65. The summed E-state index contributed by atoms with van der Waals surface area (Å²) in [5.41, 5.74) is 2.00. The second-order valence-electron chi connectivity index (χ2n) is 4.75. The van der Waals surface area contributed by atoms with Crippen molar-refractivity contribution in [3.05, 3.63) is 65.2 Å². The topological polar surface area (TPSA) is 41.1 Å². The van der Waals surface area contributed by atoms with E-state index < -0.39 is 11.6 Å². The van der Waals surface area contributed by atoms with Crippen molar-refractivity contribution in [2.45, 2.75) is 13.5 Å². The Morgan fingerprint density at radius 2 is 1.81 bits per heavy atom. The number of benzene rings is 2. The highest BCUT2D eigenvalue weighted by Gasteiger charge is 2.05. The summed E-state index contributed by atoms with van der Waals surface area (Å²) in [6.07, 6.45) is 0. The lowest BCUT2D eigenvalue weighted by Gasteiger charge is -2.08. The van der Waals surface area contributed by atoms with E-state index in [2.05, 4.69) is 10.6 Å². The average molecular weight is 290 g/mol. The number of hydrogen-bond acceptors (Lipinski definition) is 2. The Morgan fingerprint density at radius 1 is 1.10 bits per heavy atom. The molecule has 0 saturated heterocycles. The average Bonchev–Trinajstić information content (AvgIpc) is 2.45. The Morgan fingerprint density at radius 3 is 2.52 bits per heavy atom. The third-order valence-corrected chi connectivity index (χ3v) is 2.94. The van der Waals surface area contributed by atoms with Crippen LogP contribution in [0.25, 0.3) is 0 Å². The second kappa shape index (κ2) is 6.95. The van der Waals surface area contributed by atoms with Crippen molar-refractivity contribution in [2.24, 2.45) is 0 Å². The van der Waals surface area contributed by atoms with Gasteiger partial charge in [-0.15, -0.1) is 0 Å². The Hall–Kier alpha value is -2.27. The fourth-order valence-electron chi connectivity index (χ4n) is 1.83. The van der Waals surface area contributed by atoms with Crippen molar-refractivity contribution in [3.63, 3.8) is 0 Å². The van der Waals surface area contributed by atoms with Crippen LogP contribution in [0.2, 0.25) is 0 Å². The maximum absolute atomic E-state index is 13.4. The molecule has 2 aromatic rings. The molecule has 0 unspecified atom stereocenters. The highest BCUT2D eigenvalue weighted by atomic mass is 19.1. The van der Waals surface area contributed by atoms with E-state index in [-0.39, 0.29) is 24.6 Å². The van der Waals surface area contributed by atoms with E-state index in [0.29, 0.717) is 5.69 Å². The monoisotopic (exact) mass is 290 g/mol. The molecular weight excluding hydrogens is 274 g/mol. The van der Waals surface area contributed by atoms with E-state index in [9.17, 15) is 13.6 Å². The summed E-state index contributed by atoms with van der Waals surface area (Å²) in [6, 6.07) is 10.6. The minimum absolute atomic E-state index is 0.0177. The van der Waals surface area contributed by atoms with Crippen LogP contribution in [0.15, 0.2) is 42.5 Å². The third-order valence-electron chi connectivity index (χ3n) is 2.94. The molecule has 0 aromatic heterocycles. The van der Waals surface area contributed by atoms with E-state index in [1.807, 2.05) is 19.1 Å². The van der Waals surface area contributed by atoms with Gasteiger partial charge in [0.15, 0.2) is 0 Å². The smallest absolute Gasteiger partial charge is 0.238 e. The minimum atomic E-state index is -0.502. The van der Waals surface area contributed by atoms with Gasteiger partial charge in [0, 0.05) is 17.8 Å². The zero-order valence-electron chi connectivity index (χ0n) is 11.6. The number of anilines is 1. The van der Waals surface area contributed by atoms with Gasteiger partial charge in [-0.2, -0.15) is 0 Å². The molecule has 2 N–H and O–H groups in total. The summed E-state index contributed by atoms with van der Waals surface area (Å²) in [4.78, 5) is 11.7. The van der Waals surface area contributed by atoms with Gasteiger partial charge in [0.2, 0.25) is 5.91 Å². The molecule has 0 aliphatic carbocycles. The normalized spacial score (nSPS) is 10.4. The second-order valence-corrected chi connectivity index (χ2v) is 4.75. The van der Waals surface area contributed by atoms with Gasteiger partial charge in [0.05, 0.1) is 6.54 Å². The zero-order chi connectivity index (χ0) is 15.2. The summed E-state index contributed by atoms with van der Waals surface area (Å²) < 4.78 is 26.4. The maximum atomic E-state index is 13.4. The molecule has 0 bridgehead atoms. The first-order valence-electron chi connectivity index (χ1n) is 6.56. The fraction of sp³-hybridized carbons (Fsp3) is 0.188. The summed E-state index contributed by atoms with van der Waals surface area (Å²) in [6.45, 7) is 2.06. The lowest BCUT2D eigenvalue weighted by Crippen LogP contribution is -2.28. The molecule has 21 heavy (non-hydrogen) atoms. The van der Waals surface area contributed by atoms with Crippen LogP contribution in [-0.4, -0.2) is 12.5 Å². The molecule has 110 valence electrons. The molecule has 2 aromatic carbocycles. The van der Waals surface area contributed by atoms with Crippen molar-refractivity contribution >= 4 is 11.6 Å². The fourth-order valence-corrected chi connectivity index (χ4v) is 1.83. The number of carbonyl (C=O) groups is 1. The number of rotatable bonds is 5. The number of nitrogens with one attached hydrogen (secondary N) is 2. The molecule has 0 saturated carbocycles. The SMILES string of the molecule is Cc1ccc(NC(=O)CNCc2cc(F)ccc2F)cc1. The number of amides is 1. The van der Waals surface area contributed by atoms with Gasteiger partial charge in [0.25, 0.3) is 0 Å². The van der Waals surface area contributed by atoms with Crippen molar-refractivity contribution < 1.29 is 13.6 Å². The van der Waals surface area contributed by atoms with Crippen molar-refractivity contribution in [2.75, 3.05) is 11.9 Å². The van der Waals surface area contributed by atoms with Crippen molar-refractivity contribution in [1.29, 1.82) is 0 Å². The van der Waals surface area contributed by atoms with Crippen molar-refractivity contribution in [3.8, 4) is 0 Å². The number of halogens is 2. The number of hydrogen-bond donors (Lipinski definition) is 2. The molecule has 0 heterocycles. The Labute approximate surface area is 122 Å². The Kier molecular flexibility index (Phi) is 5.00. The Bertz CT molecular complexity index is 627. The largest absolute Gasteiger partial charge is 0.325 e. The lowest BCUT2D eigenvalue weighted by molar-refractivity contribution is -0.115. The van der Waals surface area contributed by atoms with Gasteiger partial charge in [-0.25, -0.2) is 8.78 Å². The standard InChI is InChI=1S/C16H16F2N2O/c1-11-2-5-14(6-3-11)20-16(21)10-19-9-12-8-13(17)4-7-15(12)18/h2-8,19H,9-10H2,1H3,(H,20,21). The van der Waals surface area contributed by atoms with Gasteiger partial charge in [-0.1, -0.05) is 17.7 Å². The molecule has 1 amide bonds. The molecule has 0 fully saturated rings. The summed E-state index contributed by atoms with van der Waals surface area (Å²) >= 11 is 0. The number of carbonyl (C=O) groups excluding carboxylic acids is 1. The molecule has 5 heteroatoms. The molecule has 0 atom stereocenters. The molecule has 0 radical (unpaired) electrons. The van der Waals surface area contributed by atoms with E-state index in [4.69, 9.17) is 0 Å². The predicted octanol–water partition coefficient (Wildman–Crippen LogP) is 3.00. The lowest BCUT2D eigenvalue weighted by atomic mass is 10.2. The molecule has 0 spiro atoms. The summed E-state index contributed by atoms with van der Waals surface area (Å²) in [7, 11) is 0. The maximum Gasteiger partial charge on any atom is 0.238 e. The van der Waals surface area contributed by atoms with E-state index >= 15 is 0 Å². The van der Waals surface area contributed by atoms with Gasteiger partial charge in [0.1, 0.15) is 11.6 Å². The highest BCUT2D eigenvalue weighted by molar-refractivity contribution is 5.92. The van der Waals surface area contributed by atoms with Gasteiger partial charge < -0.3 is 10.6 Å². The molecular formula is C16H16F2N2O. The van der Waals surface area contributed by atoms with Crippen LogP contribution in [0.5, 0.6) is 0 Å². The van der Waals surface area contributed by atoms with Crippen LogP contribution in [0.1, 0.15) is 11.1 Å². The summed E-state index contributed by atoms with van der Waals surface area (Å²) in [5, 5.41) is 5.49. The van der Waals surface area contributed by atoms with Gasteiger partial charge in [-0.3, -0.25) is 4.79 Å². The number of aryl methyl sites for hydroxylation is 1. The molecule has 2 rings (SSSR count). The highest BCUT2D eigenvalue weighted by Crippen LogP contribution is 2.10. The predicted molar refractivity (Wildman–Crippen MR) is 77.9 cm³/mol. The van der Waals surface area contributed by atoms with E-state index in [1.54, 1.807) is 12.1 Å². The van der Waals surface area contributed by atoms with E-state index in [1.165, 1.54) is 0 Å². The van der Waals surface area contributed by atoms with Crippen LogP contribution >= 0.6 is 0 Å².